The summed E-state index contributed by atoms with van der Waals surface area (Å²) < 4.78 is 35.7. The van der Waals surface area contributed by atoms with Crippen LogP contribution in [0.2, 0.25) is 5.02 Å². The Balaban J connectivity index is 1.48. The summed E-state index contributed by atoms with van der Waals surface area (Å²) in [5.41, 5.74) is 0.633. The number of carbonyl (C=O) groups is 1. The highest BCUT2D eigenvalue weighted by molar-refractivity contribution is 7.91. The average Bonchev–Trinajstić information content (AvgIpc) is 3.03. The van der Waals surface area contributed by atoms with Crippen molar-refractivity contribution in [2.75, 3.05) is 43.2 Å². The molecule has 4 rings (SSSR count). The second-order valence-electron chi connectivity index (χ2n) is 7.45. The van der Waals surface area contributed by atoms with Crippen molar-refractivity contribution in [1.82, 2.24) is 4.90 Å². The highest BCUT2D eigenvalue weighted by Gasteiger charge is 2.49. The molecule has 2 aliphatic rings. The monoisotopic (exact) mass is 450 g/mol. The SMILES string of the molecule is COc1ccc(OCCN2CC(=O)N(c3cccc(Cl)c3)[C@H]3CS(=O)(=O)C[C@H]32)cc1. The lowest BCUT2D eigenvalue weighted by molar-refractivity contribution is -0.123. The van der Waals surface area contributed by atoms with Gasteiger partial charge in [0.15, 0.2) is 9.84 Å². The van der Waals surface area contributed by atoms with Gasteiger partial charge in [-0.25, -0.2) is 8.42 Å². The van der Waals surface area contributed by atoms with E-state index in [2.05, 4.69) is 0 Å². The third-order valence-corrected chi connectivity index (χ3v) is 7.43. The van der Waals surface area contributed by atoms with Crippen LogP contribution < -0.4 is 14.4 Å². The van der Waals surface area contributed by atoms with Crippen LogP contribution >= 0.6 is 11.6 Å². The lowest BCUT2D eigenvalue weighted by atomic mass is 10.0. The molecule has 0 saturated carbocycles. The van der Waals surface area contributed by atoms with Crippen LogP contribution in [0, 0.1) is 0 Å². The molecule has 0 radical (unpaired) electrons. The molecule has 0 bridgehead atoms. The molecule has 2 atom stereocenters. The molecule has 0 aromatic heterocycles. The molecular formula is C21H23ClN2O5S. The quantitative estimate of drug-likeness (QED) is 0.671. The Bertz CT molecular complexity index is 1030. The van der Waals surface area contributed by atoms with E-state index in [1.807, 2.05) is 29.2 Å². The van der Waals surface area contributed by atoms with Gasteiger partial charge in [0.25, 0.3) is 0 Å². The lowest BCUT2D eigenvalue weighted by Crippen LogP contribution is -2.62. The molecule has 0 spiro atoms. The molecule has 2 saturated heterocycles. The molecule has 7 nitrogen and oxygen atoms in total. The molecule has 1 amide bonds. The average molecular weight is 451 g/mol. The van der Waals surface area contributed by atoms with Crippen LogP contribution in [-0.4, -0.2) is 69.6 Å². The summed E-state index contributed by atoms with van der Waals surface area (Å²) in [5.74, 6) is 1.27. The first kappa shape index (κ1) is 21.0. The molecule has 2 fully saturated rings. The molecule has 160 valence electrons. The predicted molar refractivity (Wildman–Crippen MR) is 115 cm³/mol. The van der Waals surface area contributed by atoms with Crippen molar-refractivity contribution in [1.29, 1.82) is 0 Å². The number of ether oxygens (including phenoxy) is 2. The molecule has 2 aliphatic heterocycles. The maximum atomic E-state index is 13.0. The van der Waals surface area contributed by atoms with Gasteiger partial charge in [-0.05, 0) is 42.5 Å². The molecule has 0 N–H and O–H groups in total. The fourth-order valence-electron chi connectivity index (χ4n) is 4.12. The Kier molecular flexibility index (Phi) is 5.90. The molecule has 30 heavy (non-hydrogen) atoms. The minimum Gasteiger partial charge on any atom is -0.497 e. The molecular weight excluding hydrogens is 428 g/mol. The Morgan fingerprint density at radius 2 is 1.77 bits per heavy atom. The minimum absolute atomic E-state index is 0.0323. The van der Waals surface area contributed by atoms with Crippen molar-refractivity contribution in [2.45, 2.75) is 12.1 Å². The van der Waals surface area contributed by atoms with E-state index in [-0.39, 0.29) is 30.0 Å². The summed E-state index contributed by atoms with van der Waals surface area (Å²) >= 11 is 6.09. The highest BCUT2D eigenvalue weighted by Crippen LogP contribution is 2.32. The first-order valence-electron chi connectivity index (χ1n) is 9.65. The molecule has 2 heterocycles. The van der Waals surface area contributed by atoms with Crippen molar-refractivity contribution < 1.29 is 22.7 Å². The summed E-state index contributed by atoms with van der Waals surface area (Å²) in [5, 5.41) is 0.507. The third kappa shape index (κ3) is 4.40. The maximum absolute atomic E-state index is 13.0. The normalized spacial score (nSPS) is 23.3. The van der Waals surface area contributed by atoms with Crippen LogP contribution in [0.1, 0.15) is 0 Å². The summed E-state index contributed by atoms with van der Waals surface area (Å²) in [6, 6.07) is 13.5. The zero-order valence-electron chi connectivity index (χ0n) is 16.5. The maximum Gasteiger partial charge on any atom is 0.241 e. The van der Waals surface area contributed by atoms with E-state index in [4.69, 9.17) is 21.1 Å². The van der Waals surface area contributed by atoms with Gasteiger partial charge in [-0.1, -0.05) is 17.7 Å². The Morgan fingerprint density at radius 1 is 1.07 bits per heavy atom. The summed E-state index contributed by atoms with van der Waals surface area (Å²) in [7, 11) is -1.65. The van der Waals surface area contributed by atoms with Crippen LogP contribution in [0.3, 0.4) is 0 Å². The number of anilines is 1. The minimum atomic E-state index is -3.24. The van der Waals surface area contributed by atoms with E-state index in [0.29, 0.717) is 29.6 Å². The van der Waals surface area contributed by atoms with Gasteiger partial charge in [0, 0.05) is 23.3 Å². The summed E-state index contributed by atoms with van der Waals surface area (Å²) in [4.78, 5) is 16.5. The van der Waals surface area contributed by atoms with E-state index >= 15 is 0 Å². The Morgan fingerprint density at radius 3 is 2.47 bits per heavy atom. The zero-order valence-corrected chi connectivity index (χ0v) is 18.1. The van der Waals surface area contributed by atoms with Gasteiger partial charge in [-0.15, -0.1) is 0 Å². The van der Waals surface area contributed by atoms with Crippen molar-refractivity contribution >= 4 is 33.0 Å². The van der Waals surface area contributed by atoms with Crippen LogP contribution in [0.5, 0.6) is 11.5 Å². The van der Waals surface area contributed by atoms with E-state index in [9.17, 15) is 13.2 Å². The number of hydrogen-bond acceptors (Lipinski definition) is 6. The van der Waals surface area contributed by atoms with Gasteiger partial charge in [0.2, 0.25) is 5.91 Å². The molecule has 0 unspecified atom stereocenters. The smallest absolute Gasteiger partial charge is 0.241 e. The van der Waals surface area contributed by atoms with Crippen LogP contribution in [0.4, 0.5) is 5.69 Å². The van der Waals surface area contributed by atoms with Gasteiger partial charge >= 0.3 is 0 Å². The van der Waals surface area contributed by atoms with Gasteiger partial charge < -0.3 is 14.4 Å². The van der Waals surface area contributed by atoms with Crippen molar-refractivity contribution in [3.8, 4) is 11.5 Å². The largest absolute Gasteiger partial charge is 0.497 e. The van der Waals surface area contributed by atoms with Gasteiger partial charge in [-0.3, -0.25) is 9.69 Å². The summed E-state index contributed by atoms with van der Waals surface area (Å²) in [6.45, 7) is 0.938. The van der Waals surface area contributed by atoms with Crippen LogP contribution in [0.25, 0.3) is 0 Å². The van der Waals surface area contributed by atoms with Gasteiger partial charge in [0.1, 0.15) is 18.1 Å². The number of amides is 1. The number of nitrogens with zero attached hydrogens (tertiary/aromatic N) is 2. The number of piperazine rings is 1. The number of fused-ring (bicyclic) bond motifs is 1. The molecule has 9 heteroatoms. The predicted octanol–water partition coefficient (Wildman–Crippen LogP) is 2.24. The van der Waals surface area contributed by atoms with Crippen molar-refractivity contribution in [2.24, 2.45) is 0 Å². The van der Waals surface area contributed by atoms with Gasteiger partial charge in [-0.2, -0.15) is 0 Å². The van der Waals surface area contributed by atoms with E-state index in [1.54, 1.807) is 36.3 Å². The fourth-order valence-corrected chi connectivity index (χ4v) is 6.28. The highest BCUT2D eigenvalue weighted by atomic mass is 35.5. The number of carbonyl (C=O) groups excluding carboxylic acids is 1. The van der Waals surface area contributed by atoms with E-state index < -0.39 is 15.9 Å². The van der Waals surface area contributed by atoms with Crippen molar-refractivity contribution in [3.63, 3.8) is 0 Å². The second-order valence-corrected chi connectivity index (χ2v) is 10.0. The van der Waals surface area contributed by atoms with E-state index in [1.165, 1.54) is 0 Å². The molecule has 0 aliphatic carbocycles. The number of benzene rings is 2. The third-order valence-electron chi connectivity index (χ3n) is 5.49. The topological polar surface area (TPSA) is 76.2 Å². The standard InChI is InChI=1S/C21H23ClN2O5S/c1-28-17-5-7-18(8-6-17)29-10-9-23-12-21(25)24(16-4-2-3-15(22)11-16)20-14-30(26,27)13-19(20)23/h2-8,11,19-20H,9-10,12-14H2,1H3/t19-,20+/m1/s1. The summed E-state index contributed by atoms with van der Waals surface area (Å²) in [6.07, 6.45) is 0. The van der Waals surface area contributed by atoms with Crippen molar-refractivity contribution in [3.05, 3.63) is 53.6 Å². The number of methoxy groups -OCH3 is 1. The van der Waals surface area contributed by atoms with Crippen LogP contribution in [-0.2, 0) is 14.6 Å². The number of halogens is 1. The Labute approximate surface area is 181 Å². The van der Waals surface area contributed by atoms with E-state index in [0.717, 1.165) is 5.75 Å². The zero-order chi connectivity index (χ0) is 21.3. The Hall–Kier alpha value is -2.29. The number of rotatable bonds is 6. The van der Waals surface area contributed by atoms with Crippen LogP contribution in [0.15, 0.2) is 48.5 Å². The second kappa shape index (κ2) is 8.45. The first-order valence-corrected chi connectivity index (χ1v) is 11.9. The number of hydrogen-bond donors (Lipinski definition) is 0. The fraction of sp³-hybridized carbons (Fsp3) is 0.381. The van der Waals surface area contributed by atoms with Gasteiger partial charge in [0.05, 0.1) is 31.2 Å². The molecule has 2 aromatic rings. The lowest BCUT2D eigenvalue weighted by Gasteiger charge is -2.43. The molecule has 2 aromatic carbocycles. The number of sulfone groups is 1. The first-order chi connectivity index (χ1) is 14.4.